The fourth-order valence-corrected chi connectivity index (χ4v) is 2.50. The SMILES string of the molecule is CCOP(=S)(OCl)OC(C)C. The molecule has 11 heavy (non-hydrogen) atoms. The van der Waals surface area contributed by atoms with Crippen LogP contribution in [0.4, 0.5) is 0 Å². The molecule has 0 heterocycles. The molecular weight excluding hydrogens is 207 g/mol. The van der Waals surface area contributed by atoms with Gasteiger partial charge in [0.05, 0.1) is 24.6 Å². The normalized spacial score (nSPS) is 16.8. The van der Waals surface area contributed by atoms with Crippen molar-refractivity contribution in [2.75, 3.05) is 6.61 Å². The fourth-order valence-electron chi connectivity index (χ4n) is 0.483. The molecule has 1 atom stereocenters. The maximum absolute atomic E-state index is 5.18. The van der Waals surface area contributed by atoms with Gasteiger partial charge in [0.2, 0.25) is 0 Å². The predicted octanol–water partition coefficient (Wildman–Crippen LogP) is 2.84. The predicted molar refractivity (Wildman–Crippen MR) is 49.1 cm³/mol. The summed E-state index contributed by atoms with van der Waals surface area (Å²) < 4.78 is 14.7. The summed E-state index contributed by atoms with van der Waals surface area (Å²) in [5, 5.41) is 0. The lowest BCUT2D eigenvalue weighted by molar-refractivity contribution is 0.174. The molecule has 0 aromatic heterocycles. The molecule has 0 amide bonds. The number of hydrogen-bond donors (Lipinski definition) is 0. The Morgan fingerprint density at radius 1 is 1.55 bits per heavy atom. The van der Waals surface area contributed by atoms with E-state index in [9.17, 15) is 0 Å². The Bertz CT molecular complexity index is 153. The van der Waals surface area contributed by atoms with E-state index in [0.29, 0.717) is 6.61 Å². The molecule has 68 valence electrons. The average Bonchev–Trinajstić information content (AvgIpc) is 1.87. The van der Waals surface area contributed by atoms with Crippen LogP contribution in [0.1, 0.15) is 20.8 Å². The monoisotopic (exact) mass is 218 g/mol. The van der Waals surface area contributed by atoms with Crippen LogP contribution in [-0.4, -0.2) is 12.7 Å². The molecule has 0 aromatic rings. The van der Waals surface area contributed by atoms with E-state index in [1.807, 2.05) is 13.8 Å². The van der Waals surface area contributed by atoms with Crippen LogP contribution in [0.15, 0.2) is 0 Å². The first-order chi connectivity index (χ1) is 5.04. The first-order valence-corrected chi connectivity index (χ1v) is 6.14. The van der Waals surface area contributed by atoms with Crippen LogP contribution in [0.3, 0.4) is 0 Å². The van der Waals surface area contributed by atoms with Crippen molar-refractivity contribution in [2.24, 2.45) is 0 Å². The van der Waals surface area contributed by atoms with Crippen LogP contribution in [-0.2, 0) is 24.9 Å². The molecule has 0 saturated carbocycles. The number of rotatable bonds is 5. The smallest absolute Gasteiger partial charge is 0.308 e. The second-order valence-electron chi connectivity index (χ2n) is 2.09. The van der Waals surface area contributed by atoms with E-state index in [1.165, 1.54) is 0 Å². The molecular formula is C5H12ClO3PS. The molecule has 0 radical (unpaired) electrons. The second kappa shape index (κ2) is 5.46. The van der Waals surface area contributed by atoms with Crippen molar-refractivity contribution < 1.29 is 13.1 Å². The Labute approximate surface area is 77.4 Å². The van der Waals surface area contributed by atoms with Crippen LogP contribution in [0.25, 0.3) is 0 Å². The molecule has 0 spiro atoms. The van der Waals surface area contributed by atoms with Crippen LogP contribution in [0, 0.1) is 0 Å². The average molecular weight is 219 g/mol. The zero-order valence-electron chi connectivity index (χ0n) is 6.74. The van der Waals surface area contributed by atoms with Crippen molar-refractivity contribution in [3.8, 4) is 0 Å². The standard InChI is InChI=1S/C5H12ClO3PS/c1-4-7-10(11,9-6)8-5(2)3/h5H,4H2,1-3H3. The van der Waals surface area contributed by atoms with Gasteiger partial charge in [-0.1, -0.05) is 0 Å². The van der Waals surface area contributed by atoms with E-state index in [1.54, 1.807) is 6.92 Å². The Kier molecular flexibility index (Phi) is 5.87. The Hall–Kier alpha value is 0.820. The van der Waals surface area contributed by atoms with Gasteiger partial charge >= 0.3 is 6.72 Å². The molecule has 0 N–H and O–H groups in total. The van der Waals surface area contributed by atoms with Crippen molar-refractivity contribution in [3.63, 3.8) is 0 Å². The first kappa shape index (κ1) is 11.8. The van der Waals surface area contributed by atoms with Gasteiger partial charge in [0.15, 0.2) is 0 Å². The molecule has 0 aliphatic carbocycles. The number of halogens is 1. The Morgan fingerprint density at radius 2 is 2.09 bits per heavy atom. The van der Waals surface area contributed by atoms with Crippen LogP contribution < -0.4 is 0 Å². The third-order valence-corrected chi connectivity index (χ3v) is 3.72. The fraction of sp³-hybridized carbons (Fsp3) is 1.00. The van der Waals surface area contributed by atoms with Crippen molar-refractivity contribution in [2.45, 2.75) is 26.9 Å². The van der Waals surface area contributed by atoms with E-state index in [4.69, 9.17) is 32.7 Å². The summed E-state index contributed by atoms with van der Waals surface area (Å²) >= 11 is 10.0. The molecule has 0 aliphatic heterocycles. The van der Waals surface area contributed by atoms with Crippen molar-refractivity contribution >= 4 is 30.4 Å². The van der Waals surface area contributed by atoms with Gasteiger partial charge in [-0.05, 0) is 32.6 Å². The van der Waals surface area contributed by atoms with E-state index < -0.39 is 6.72 Å². The molecule has 0 rings (SSSR count). The lowest BCUT2D eigenvalue weighted by Crippen LogP contribution is -2.02. The molecule has 6 heteroatoms. The largest absolute Gasteiger partial charge is 0.344 e. The van der Waals surface area contributed by atoms with Gasteiger partial charge in [-0.25, -0.2) is 0 Å². The molecule has 3 nitrogen and oxygen atoms in total. The number of hydrogen-bond acceptors (Lipinski definition) is 4. The first-order valence-electron chi connectivity index (χ1n) is 3.27. The Balaban J connectivity index is 4.00. The van der Waals surface area contributed by atoms with Gasteiger partial charge in [0, 0.05) is 0 Å². The zero-order chi connectivity index (χ0) is 8.91. The lowest BCUT2D eigenvalue weighted by Gasteiger charge is -2.18. The molecule has 0 saturated heterocycles. The third kappa shape index (κ3) is 5.12. The van der Waals surface area contributed by atoms with Crippen LogP contribution in [0.2, 0.25) is 0 Å². The summed E-state index contributed by atoms with van der Waals surface area (Å²) in [6.07, 6.45) is -0.0360. The maximum Gasteiger partial charge on any atom is 0.344 e. The molecule has 0 fully saturated rings. The topological polar surface area (TPSA) is 27.7 Å². The Morgan fingerprint density at radius 3 is 2.36 bits per heavy atom. The van der Waals surface area contributed by atoms with Gasteiger partial charge in [0.1, 0.15) is 0 Å². The van der Waals surface area contributed by atoms with E-state index >= 15 is 0 Å². The van der Waals surface area contributed by atoms with E-state index in [0.717, 1.165) is 0 Å². The van der Waals surface area contributed by atoms with E-state index in [2.05, 4.69) is 4.08 Å². The summed E-state index contributed by atoms with van der Waals surface area (Å²) in [6, 6.07) is 0. The molecule has 0 aliphatic rings. The summed E-state index contributed by atoms with van der Waals surface area (Å²) in [5.41, 5.74) is 0. The van der Waals surface area contributed by atoms with Gasteiger partial charge in [-0.15, -0.1) is 0 Å². The van der Waals surface area contributed by atoms with E-state index in [-0.39, 0.29) is 6.10 Å². The van der Waals surface area contributed by atoms with Crippen molar-refractivity contribution in [1.82, 2.24) is 0 Å². The second-order valence-corrected chi connectivity index (χ2v) is 5.35. The molecule has 0 aromatic carbocycles. The highest BCUT2D eigenvalue weighted by atomic mass is 35.5. The molecule has 1 unspecified atom stereocenters. The lowest BCUT2D eigenvalue weighted by atomic mass is 10.5. The minimum atomic E-state index is -2.66. The minimum Gasteiger partial charge on any atom is -0.308 e. The quantitative estimate of drug-likeness (QED) is 0.664. The zero-order valence-corrected chi connectivity index (χ0v) is 9.21. The van der Waals surface area contributed by atoms with Crippen LogP contribution in [0.5, 0.6) is 0 Å². The van der Waals surface area contributed by atoms with Gasteiger partial charge in [0.25, 0.3) is 0 Å². The highest BCUT2D eigenvalue weighted by molar-refractivity contribution is 8.07. The molecule has 0 bridgehead atoms. The highest BCUT2D eigenvalue weighted by Gasteiger charge is 2.20. The minimum absolute atomic E-state index is 0.0360. The maximum atomic E-state index is 5.18. The van der Waals surface area contributed by atoms with Crippen molar-refractivity contribution in [3.05, 3.63) is 0 Å². The third-order valence-electron chi connectivity index (χ3n) is 0.712. The van der Waals surface area contributed by atoms with Gasteiger partial charge in [-0.3, -0.25) is 0 Å². The van der Waals surface area contributed by atoms with Crippen molar-refractivity contribution in [1.29, 1.82) is 0 Å². The van der Waals surface area contributed by atoms with Gasteiger partial charge < -0.3 is 9.05 Å². The summed E-state index contributed by atoms with van der Waals surface area (Å²) in [7, 11) is 0. The van der Waals surface area contributed by atoms with Crippen LogP contribution >= 0.6 is 18.6 Å². The van der Waals surface area contributed by atoms with Gasteiger partial charge in [-0.2, -0.15) is 4.08 Å². The highest BCUT2D eigenvalue weighted by Crippen LogP contribution is 2.51. The summed E-state index contributed by atoms with van der Waals surface area (Å²) in [5.74, 6) is 0. The summed E-state index contributed by atoms with van der Waals surface area (Å²) in [4.78, 5) is 0. The summed E-state index contributed by atoms with van der Waals surface area (Å²) in [6.45, 7) is 3.28.